The van der Waals surface area contributed by atoms with E-state index in [0.29, 0.717) is 17.8 Å². The third-order valence-electron chi connectivity index (χ3n) is 5.30. The molecular formula is C21H25N3O5S. The highest BCUT2D eigenvalue weighted by Gasteiger charge is 2.32. The Morgan fingerprint density at radius 3 is 2.40 bits per heavy atom. The summed E-state index contributed by atoms with van der Waals surface area (Å²) >= 11 is 0. The summed E-state index contributed by atoms with van der Waals surface area (Å²) in [6.07, 6.45) is 3.64. The molecule has 0 aliphatic carbocycles. The van der Waals surface area contributed by atoms with Crippen molar-refractivity contribution in [3.05, 3.63) is 64.2 Å². The lowest BCUT2D eigenvalue weighted by atomic mass is 10.0. The highest BCUT2D eigenvalue weighted by atomic mass is 32.2. The predicted octanol–water partition coefficient (Wildman–Crippen LogP) is 3.73. The van der Waals surface area contributed by atoms with E-state index in [1.165, 1.54) is 36.4 Å². The van der Waals surface area contributed by atoms with E-state index in [1.54, 1.807) is 16.4 Å². The average molecular weight is 432 g/mol. The SMILES string of the molecule is CCC1CCCCN1S(=O)(=O)c1ccc(NC(=O)Cc2ccc([N+](=O)[O-])cc2)cc1. The molecule has 1 saturated heterocycles. The number of piperidine rings is 1. The first-order valence-corrected chi connectivity index (χ1v) is 11.4. The first-order chi connectivity index (χ1) is 14.3. The van der Waals surface area contributed by atoms with Gasteiger partial charge in [-0.2, -0.15) is 4.31 Å². The second-order valence-corrected chi connectivity index (χ2v) is 9.24. The molecule has 0 saturated carbocycles. The van der Waals surface area contributed by atoms with Gasteiger partial charge in [0.1, 0.15) is 0 Å². The van der Waals surface area contributed by atoms with Crippen molar-refractivity contribution in [3.63, 3.8) is 0 Å². The lowest BCUT2D eigenvalue weighted by Crippen LogP contribution is -2.43. The van der Waals surface area contributed by atoms with Crippen molar-refractivity contribution in [2.45, 2.75) is 50.0 Å². The maximum absolute atomic E-state index is 13.0. The molecule has 8 nitrogen and oxygen atoms in total. The van der Waals surface area contributed by atoms with Crippen molar-refractivity contribution in [1.29, 1.82) is 0 Å². The van der Waals surface area contributed by atoms with Crippen LogP contribution in [0.3, 0.4) is 0 Å². The second kappa shape index (κ2) is 9.36. The van der Waals surface area contributed by atoms with E-state index in [9.17, 15) is 23.3 Å². The third kappa shape index (κ3) is 5.03. The summed E-state index contributed by atoms with van der Waals surface area (Å²) in [7, 11) is -3.56. The summed E-state index contributed by atoms with van der Waals surface area (Å²) in [4.78, 5) is 22.7. The normalized spacial score (nSPS) is 17.4. The minimum absolute atomic E-state index is 0.0322. The zero-order valence-electron chi connectivity index (χ0n) is 16.8. The number of amides is 1. The van der Waals surface area contributed by atoms with Crippen LogP contribution in [0, 0.1) is 10.1 Å². The van der Waals surface area contributed by atoms with Gasteiger partial charge in [0, 0.05) is 30.4 Å². The minimum atomic E-state index is -3.56. The van der Waals surface area contributed by atoms with E-state index >= 15 is 0 Å². The van der Waals surface area contributed by atoms with Crippen LogP contribution in [0.1, 0.15) is 38.2 Å². The van der Waals surface area contributed by atoms with Gasteiger partial charge in [-0.3, -0.25) is 14.9 Å². The van der Waals surface area contributed by atoms with Gasteiger partial charge in [-0.05, 0) is 49.1 Å². The number of non-ortho nitro benzene ring substituents is 1. The molecular weight excluding hydrogens is 406 g/mol. The largest absolute Gasteiger partial charge is 0.326 e. The van der Waals surface area contributed by atoms with Crippen LogP contribution in [0.4, 0.5) is 11.4 Å². The molecule has 1 atom stereocenters. The summed E-state index contributed by atoms with van der Waals surface area (Å²) in [6, 6.07) is 12.0. The molecule has 0 spiro atoms. The van der Waals surface area contributed by atoms with Crippen LogP contribution in [0.15, 0.2) is 53.4 Å². The van der Waals surface area contributed by atoms with Gasteiger partial charge in [0.15, 0.2) is 0 Å². The molecule has 1 aliphatic heterocycles. The van der Waals surface area contributed by atoms with E-state index in [2.05, 4.69) is 5.32 Å². The number of carbonyl (C=O) groups is 1. The van der Waals surface area contributed by atoms with Crippen molar-refractivity contribution < 1.29 is 18.1 Å². The number of nitrogens with one attached hydrogen (secondary N) is 1. The number of nitro groups is 1. The summed E-state index contributed by atoms with van der Waals surface area (Å²) in [5, 5.41) is 13.4. The maximum atomic E-state index is 13.0. The van der Waals surface area contributed by atoms with Crippen LogP contribution in [0.2, 0.25) is 0 Å². The van der Waals surface area contributed by atoms with Crippen molar-refractivity contribution in [2.75, 3.05) is 11.9 Å². The molecule has 1 amide bonds. The number of nitro benzene ring substituents is 1. The molecule has 1 heterocycles. The van der Waals surface area contributed by atoms with E-state index in [4.69, 9.17) is 0 Å². The zero-order chi connectivity index (χ0) is 21.7. The minimum Gasteiger partial charge on any atom is -0.326 e. The van der Waals surface area contributed by atoms with E-state index in [-0.39, 0.29) is 29.0 Å². The summed E-state index contributed by atoms with van der Waals surface area (Å²) in [5.74, 6) is -0.290. The molecule has 1 fully saturated rings. The molecule has 1 aliphatic rings. The summed E-state index contributed by atoms with van der Waals surface area (Å²) in [5.41, 5.74) is 1.11. The van der Waals surface area contributed by atoms with Crippen molar-refractivity contribution in [3.8, 4) is 0 Å². The molecule has 30 heavy (non-hydrogen) atoms. The Morgan fingerprint density at radius 1 is 1.13 bits per heavy atom. The first-order valence-electron chi connectivity index (χ1n) is 9.96. The van der Waals surface area contributed by atoms with Gasteiger partial charge in [0.2, 0.25) is 15.9 Å². The smallest absolute Gasteiger partial charge is 0.269 e. The zero-order valence-corrected chi connectivity index (χ0v) is 17.6. The van der Waals surface area contributed by atoms with Crippen molar-refractivity contribution in [1.82, 2.24) is 4.31 Å². The molecule has 160 valence electrons. The van der Waals surface area contributed by atoms with Gasteiger partial charge >= 0.3 is 0 Å². The highest BCUT2D eigenvalue weighted by Crippen LogP contribution is 2.27. The van der Waals surface area contributed by atoms with Crippen molar-refractivity contribution in [2.24, 2.45) is 0 Å². The van der Waals surface area contributed by atoms with Gasteiger partial charge in [-0.25, -0.2) is 8.42 Å². The molecule has 2 aromatic carbocycles. The van der Waals surface area contributed by atoms with Gasteiger partial charge in [-0.15, -0.1) is 0 Å². The number of nitrogens with zero attached hydrogens (tertiary/aromatic N) is 2. The van der Waals surface area contributed by atoms with E-state index in [0.717, 1.165) is 25.7 Å². The number of sulfonamides is 1. The Labute approximate surface area is 176 Å². The lowest BCUT2D eigenvalue weighted by Gasteiger charge is -2.34. The van der Waals surface area contributed by atoms with Crippen molar-refractivity contribution >= 4 is 27.3 Å². The van der Waals surface area contributed by atoms with Gasteiger partial charge in [-0.1, -0.05) is 25.5 Å². The lowest BCUT2D eigenvalue weighted by molar-refractivity contribution is -0.384. The third-order valence-corrected chi connectivity index (χ3v) is 7.27. The first kappa shape index (κ1) is 21.9. The number of hydrogen-bond acceptors (Lipinski definition) is 5. The number of anilines is 1. The Kier molecular flexibility index (Phi) is 6.84. The second-order valence-electron chi connectivity index (χ2n) is 7.35. The molecule has 0 aromatic heterocycles. The van der Waals surface area contributed by atoms with Gasteiger partial charge < -0.3 is 5.32 Å². The Balaban J connectivity index is 1.65. The van der Waals surface area contributed by atoms with Crippen LogP contribution in [0.25, 0.3) is 0 Å². The number of hydrogen-bond donors (Lipinski definition) is 1. The van der Waals surface area contributed by atoms with E-state index < -0.39 is 14.9 Å². The Morgan fingerprint density at radius 2 is 1.80 bits per heavy atom. The average Bonchev–Trinajstić information content (AvgIpc) is 2.74. The fraction of sp³-hybridized carbons (Fsp3) is 0.381. The van der Waals surface area contributed by atoms with Crippen LogP contribution < -0.4 is 5.32 Å². The quantitative estimate of drug-likeness (QED) is 0.531. The highest BCUT2D eigenvalue weighted by molar-refractivity contribution is 7.89. The van der Waals surface area contributed by atoms with E-state index in [1.807, 2.05) is 6.92 Å². The maximum Gasteiger partial charge on any atom is 0.269 e. The fourth-order valence-corrected chi connectivity index (χ4v) is 5.44. The van der Waals surface area contributed by atoms with Gasteiger partial charge in [0.25, 0.3) is 5.69 Å². The molecule has 1 N–H and O–H groups in total. The van der Waals surface area contributed by atoms with Crippen LogP contribution in [0.5, 0.6) is 0 Å². The summed E-state index contributed by atoms with van der Waals surface area (Å²) < 4.78 is 27.6. The molecule has 2 aromatic rings. The Bertz CT molecular complexity index is 1000. The number of carbonyl (C=O) groups excluding carboxylic acids is 1. The topological polar surface area (TPSA) is 110 Å². The van der Waals surface area contributed by atoms with Crippen LogP contribution >= 0.6 is 0 Å². The standard InChI is InChI=1S/C21H25N3O5S/c1-2-18-5-3-4-14-23(18)30(28,29)20-12-8-17(9-13-20)22-21(25)15-16-6-10-19(11-7-16)24(26)27/h6-13,18H,2-5,14-15H2,1H3,(H,22,25). The molecule has 3 rings (SSSR count). The number of rotatable bonds is 7. The molecule has 1 unspecified atom stereocenters. The monoisotopic (exact) mass is 431 g/mol. The predicted molar refractivity (Wildman–Crippen MR) is 114 cm³/mol. The van der Waals surface area contributed by atoms with Crippen LogP contribution in [-0.2, 0) is 21.2 Å². The molecule has 0 bridgehead atoms. The number of benzene rings is 2. The fourth-order valence-electron chi connectivity index (χ4n) is 3.67. The van der Waals surface area contributed by atoms with Crippen LogP contribution in [-0.4, -0.2) is 36.1 Å². The Hall–Kier alpha value is -2.78. The molecule has 0 radical (unpaired) electrons. The molecule has 9 heteroatoms. The summed E-state index contributed by atoms with van der Waals surface area (Å²) in [6.45, 7) is 2.54. The van der Waals surface area contributed by atoms with Gasteiger partial charge in [0.05, 0.1) is 16.2 Å².